The van der Waals surface area contributed by atoms with Gasteiger partial charge in [-0.2, -0.15) is 0 Å². The summed E-state index contributed by atoms with van der Waals surface area (Å²) in [5.41, 5.74) is 0.413. The Kier molecular flexibility index (Phi) is 5.66. The van der Waals surface area contributed by atoms with Crippen molar-refractivity contribution in [1.82, 2.24) is 0 Å². The van der Waals surface area contributed by atoms with E-state index in [1.165, 1.54) is 13.1 Å². The summed E-state index contributed by atoms with van der Waals surface area (Å²) >= 11 is 0. The summed E-state index contributed by atoms with van der Waals surface area (Å²) in [6.07, 6.45) is 4.99. The van der Waals surface area contributed by atoms with Gasteiger partial charge in [0.25, 0.3) is 0 Å². The van der Waals surface area contributed by atoms with Crippen LogP contribution in [0, 0.1) is 0 Å². The van der Waals surface area contributed by atoms with Gasteiger partial charge in [-0.25, -0.2) is 4.79 Å². The fourth-order valence-corrected chi connectivity index (χ4v) is 1.46. The van der Waals surface area contributed by atoms with E-state index in [1.54, 1.807) is 19.2 Å². The summed E-state index contributed by atoms with van der Waals surface area (Å²) < 4.78 is 9.46. The van der Waals surface area contributed by atoms with Gasteiger partial charge >= 0.3 is 11.9 Å². The summed E-state index contributed by atoms with van der Waals surface area (Å²) in [5, 5.41) is 0. The van der Waals surface area contributed by atoms with Crippen molar-refractivity contribution >= 4 is 23.9 Å². The standard InChI is InChI=1S/C13H15NO5/c1-3-18-13(17)12(10-4-6-14-7-5-10)11(16)8-19-9(2)15/h4,6-7H,3,5,8H2,1-2H3. The largest absolute Gasteiger partial charge is 0.462 e. The number of carbonyl (C=O) groups is 3. The van der Waals surface area contributed by atoms with Gasteiger partial charge in [0.05, 0.1) is 6.61 Å². The summed E-state index contributed by atoms with van der Waals surface area (Å²) in [7, 11) is 0. The van der Waals surface area contributed by atoms with Crippen LogP contribution >= 0.6 is 0 Å². The van der Waals surface area contributed by atoms with Crippen LogP contribution in [0.5, 0.6) is 0 Å². The Bertz CT molecular complexity index is 473. The number of hydrogen-bond acceptors (Lipinski definition) is 6. The third-order valence-electron chi connectivity index (χ3n) is 2.26. The minimum absolute atomic E-state index is 0.0921. The second-order valence-corrected chi connectivity index (χ2v) is 3.68. The number of rotatable bonds is 5. The zero-order valence-corrected chi connectivity index (χ0v) is 10.8. The predicted octanol–water partition coefficient (Wildman–Crippen LogP) is 0.966. The quantitative estimate of drug-likeness (QED) is 0.320. The molecule has 0 bridgehead atoms. The van der Waals surface area contributed by atoms with Crippen LogP contribution < -0.4 is 0 Å². The number of ketones is 1. The Morgan fingerprint density at radius 1 is 1.32 bits per heavy atom. The lowest BCUT2D eigenvalue weighted by Gasteiger charge is -2.11. The van der Waals surface area contributed by atoms with E-state index in [0.717, 1.165) is 0 Å². The molecule has 0 radical (unpaired) electrons. The summed E-state index contributed by atoms with van der Waals surface area (Å²) in [6, 6.07) is 0. The van der Waals surface area contributed by atoms with E-state index in [9.17, 15) is 14.4 Å². The van der Waals surface area contributed by atoms with Crippen LogP contribution in [-0.2, 0) is 23.9 Å². The monoisotopic (exact) mass is 265 g/mol. The van der Waals surface area contributed by atoms with Gasteiger partial charge in [0.1, 0.15) is 5.57 Å². The first-order valence-corrected chi connectivity index (χ1v) is 5.81. The van der Waals surface area contributed by atoms with E-state index < -0.39 is 24.3 Å². The molecule has 6 heteroatoms. The fraction of sp³-hybridized carbons (Fsp3) is 0.385. The molecule has 0 unspecified atom stereocenters. The van der Waals surface area contributed by atoms with E-state index in [0.29, 0.717) is 12.0 Å². The van der Waals surface area contributed by atoms with Crippen LogP contribution in [0.3, 0.4) is 0 Å². The van der Waals surface area contributed by atoms with E-state index in [2.05, 4.69) is 9.73 Å². The number of ether oxygens (including phenoxy) is 2. The van der Waals surface area contributed by atoms with Gasteiger partial charge in [0, 0.05) is 25.8 Å². The lowest BCUT2D eigenvalue weighted by molar-refractivity contribution is -0.147. The van der Waals surface area contributed by atoms with Crippen LogP contribution in [0.15, 0.2) is 28.4 Å². The normalized spacial score (nSPS) is 15.9. The minimum Gasteiger partial charge on any atom is -0.462 e. The second kappa shape index (κ2) is 7.25. The van der Waals surface area contributed by atoms with E-state index >= 15 is 0 Å². The molecule has 1 aliphatic rings. The fourth-order valence-electron chi connectivity index (χ4n) is 1.46. The number of allylic oxidation sites excluding steroid dienone is 2. The molecule has 0 atom stereocenters. The van der Waals surface area contributed by atoms with Crippen LogP contribution in [-0.4, -0.2) is 37.2 Å². The average Bonchev–Trinajstić information content (AvgIpc) is 2.38. The first-order chi connectivity index (χ1) is 9.06. The third-order valence-corrected chi connectivity index (χ3v) is 2.26. The van der Waals surface area contributed by atoms with Crippen molar-refractivity contribution < 1.29 is 23.9 Å². The van der Waals surface area contributed by atoms with Crippen LogP contribution in [0.2, 0.25) is 0 Å². The molecule has 19 heavy (non-hydrogen) atoms. The van der Waals surface area contributed by atoms with Gasteiger partial charge in [0.2, 0.25) is 5.78 Å². The van der Waals surface area contributed by atoms with Crippen molar-refractivity contribution in [2.45, 2.75) is 20.3 Å². The predicted molar refractivity (Wildman–Crippen MR) is 67.5 cm³/mol. The number of esters is 2. The summed E-state index contributed by atoms with van der Waals surface area (Å²) in [4.78, 5) is 38.3. The summed E-state index contributed by atoms with van der Waals surface area (Å²) in [5.74, 6) is -1.87. The van der Waals surface area contributed by atoms with Crippen molar-refractivity contribution in [3.05, 3.63) is 23.4 Å². The first-order valence-electron chi connectivity index (χ1n) is 5.81. The Morgan fingerprint density at radius 2 is 2.05 bits per heavy atom. The van der Waals surface area contributed by atoms with Gasteiger partial charge in [-0.1, -0.05) is 0 Å². The number of nitrogens with zero attached hydrogens (tertiary/aromatic N) is 1. The van der Waals surface area contributed by atoms with Gasteiger partial charge in [-0.15, -0.1) is 0 Å². The zero-order valence-electron chi connectivity index (χ0n) is 10.8. The molecule has 0 N–H and O–H groups in total. The molecular formula is C13H15NO5. The van der Waals surface area contributed by atoms with Gasteiger partial charge < -0.3 is 9.47 Å². The topological polar surface area (TPSA) is 82.0 Å². The van der Waals surface area contributed by atoms with Crippen molar-refractivity contribution in [2.24, 2.45) is 4.99 Å². The molecule has 0 aromatic carbocycles. The van der Waals surface area contributed by atoms with Crippen molar-refractivity contribution in [3.63, 3.8) is 0 Å². The van der Waals surface area contributed by atoms with Gasteiger partial charge in [0.15, 0.2) is 6.61 Å². The van der Waals surface area contributed by atoms with Gasteiger partial charge in [-0.3, -0.25) is 14.6 Å². The summed E-state index contributed by atoms with van der Waals surface area (Å²) in [6.45, 7) is 2.53. The van der Waals surface area contributed by atoms with Gasteiger partial charge in [-0.05, 0) is 18.6 Å². The molecule has 0 aromatic heterocycles. The van der Waals surface area contributed by atoms with Crippen LogP contribution in [0.1, 0.15) is 20.3 Å². The Morgan fingerprint density at radius 3 is 2.58 bits per heavy atom. The molecule has 102 valence electrons. The Labute approximate surface area is 110 Å². The Balaban J connectivity index is 2.96. The molecule has 0 aliphatic carbocycles. The highest BCUT2D eigenvalue weighted by atomic mass is 16.5. The third kappa shape index (κ3) is 4.50. The van der Waals surface area contributed by atoms with Crippen molar-refractivity contribution in [3.8, 4) is 0 Å². The number of carbonyl (C=O) groups excluding carboxylic acids is 3. The highest BCUT2D eigenvalue weighted by molar-refractivity contribution is 6.19. The van der Waals surface area contributed by atoms with Crippen LogP contribution in [0.25, 0.3) is 0 Å². The first kappa shape index (κ1) is 14.8. The molecular weight excluding hydrogens is 250 g/mol. The highest BCUT2D eigenvalue weighted by Gasteiger charge is 2.24. The molecule has 6 nitrogen and oxygen atoms in total. The molecule has 0 aromatic rings. The molecule has 0 saturated heterocycles. The molecule has 1 aliphatic heterocycles. The lowest BCUT2D eigenvalue weighted by atomic mass is 10.0. The lowest BCUT2D eigenvalue weighted by Crippen LogP contribution is -2.23. The maximum Gasteiger partial charge on any atom is 0.342 e. The molecule has 0 amide bonds. The van der Waals surface area contributed by atoms with Crippen molar-refractivity contribution in [2.75, 3.05) is 13.2 Å². The molecule has 0 fully saturated rings. The number of Topliss-reactive ketones (excluding diaryl/α,β-unsaturated/α-hetero) is 1. The molecule has 1 rings (SSSR count). The second-order valence-electron chi connectivity index (χ2n) is 3.68. The number of hydrogen-bond donors (Lipinski definition) is 0. The highest BCUT2D eigenvalue weighted by Crippen LogP contribution is 2.16. The minimum atomic E-state index is -0.713. The van der Waals surface area contributed by atoms with E-state index in [1.807, 2.05) is 0 Å². The molecule has 0 spiro atoms. The Hall–Kier alpha value is -2.24. The molecule has 1 heterocycles. The molecule has 0 saturated carbocycles. The number of aliphatic imine (C=N–C) groups is 1. The van der Waals surface area contributed by atoms with E-state index in [4.69, 9.17) is 4.74 Å². The SMILES string of the molecule is CCOC(=O)C(C(=O)COC(C)=O)=C1C=CN=CC1. The maximum atomic E-state index is 11.9. The zero-order chi connectivity index (χ0) is 14.3. The average molecular weight is 265 g/mol. The van der Waals surface area contributed by atoms with E-state index in [-0.39, 0.29) is 12.2 Å². The maximum absolute atomic E-state index is 11.9. The van der Waals surface area contributed by atoms with Crippen molar-refractivity contribution in [1.29, 1.82) is 0 Å². The van der Waals surface area contributed by atoms with Crippen LogP contribution in [0.4, 0.5) is 0 Å². The smallest absolute Gasteiger partial charge is 0.342 e.